The number of aliphatic hydroxyl groups is 2. The number of ether oxygens (including phenoxy) is 1. The summed E-state index contributed by atoms with van der Waals surface area (Å²) in [7, 11) is 1.12. The zero-order chi connectivity index (χ0) is 14.6. The molecule has 4 N–H and O–H groups in total. The van der Waals surface area contributed by atoms with Gasteiger partial charge in [0.05, 0.1) is 19.6 Å². The van der Waals surface area contributed by atoms with Crippen LogP contribution in [0.3, 0.4) is 0 Å². The summed E-state index contributed by atoms with van der Waals surface area (Å²) in [5.41, 5.74) is 4.78. The van der Waals surface area contributed by atoms with Crippen molar-refractivity contribution in [3.63, 3.8) is 0 Å². The smallest absolute Gasteiger partial charge is 0.308 e. The first-order valence-corrected chi connectivity index (χ1v) is 5.39. The van der Waals surface area contributed by atoms with Crippen LogP contribution in [0, 0.1) is 5.82 Å². The number of hydrogen-bond donors (Lipinski definition) is 3. The van der Waals surface area contributed by atoms with Crippen LogP contribution in [0.15, 0.2) is 18.2 Å². The monoisotopic (exact) mass is 271 g/mol. The molecule has 2 unspecified atom stereocenters. The van der Waals surface area contributed by atoms with Gasteiger partial charge in [0.2, 0.25) is 5.91 Å². The van der Waals surface area contributed by atoms with E-state index in [0.29, 0.717) is 0 Å². The van der Waals surface area contributed by atoms with Crippen molar-refractivity contribution in [3.8, 4) is 0 Å². The van der Waals surface area contributed by atoms with Gasteiger partial charge in [-0.25, -0.2) is 4.39 Å². The van der Waals surface area contributed by atoms with Crippen molar-refractivity contribution < 1.29 is 28.9 Å². The van der Waals surface area contributed by atoms with E-state index in [4.69, 9.17) is 5.73 Å². The lowest BCUT2D eigenvalue weighted by atomic mass is 9.96. The van der Waals surface area contributed by atoms with E-state index in [-0.39, 0.29) is 11.1 Å². The molecule has 19 heavy (non-hydrogen) atoms. The van der Waals surface area contributed by atoms with E-state index >= 15 is 0 Å². The SMILES string of the molecule is COC(=O)CC(O)C(O)c1cc(F)ccc1C(N)=O. The number of methoxy groups -OCH3 is 1. The molecule has 0 bridgehead atoms. The Kier molecular flexibility index (Phi) is 4.96. The third-order valence-electron chi connectivity index (χ3n) is 2.57. The third kappa shape index (κ3) is 3.73. The summed E-state index contributed by atoms with van der Waals surface area (Å²) in [6, 6.07) is 2.98. The molecular weight excluding hydrogens is 257 g/mol. The van der Waals surface area contributed by atoms with Crippen molar-refractivity contribution >= 4 is 11.9 Å². The Morgan fingerprint density at radius 1 is 1.42 bits per heavy atom. The molecule has 6 nitrogen and oxygen atoms in total. The molecule has 0 aliphatic heterocycles. The molecule has 0 saturated carbocycles. The number of nitrogens with two attached hydrogens (primary N) is 1. The van der Waals surface area contributed by atoms with Crippen LogP contribution < -0.4 is 5.73 Å². The summed E-state index contributed by atoms with van der Waals surface area (Å²) in [6.07, 6.45) is -3.66. The molecule has 1 rings (SSSR count). The standard InChI is InChI=1S/C12H14FNO5/c1-19-10(16)5-9(15)11(17)8-4-6(13)2-3-7(8)12(14)18/h2-4,9,11,15,17H,5H2,1H3,(H2,14,18). The van der Waals surface area contributed by atoms with Crippen molar-refractivity contribution in [1.82, 2.24) is 0 Å². The van der Waals surface area contributed by atoms with Gasteiger partial charge >= 0.3 is 5.97 Å². The van der Waals surface area contributed by atoms with E-state index in [1.165, 1.54) is 0 Å². The van der Waals surface area contributed by atoms with Crippen LogP contribution in [0.5, 0.6) is 0 Å². The minimum atomic E-state index is -1.63. The Labute approximate surface area is 108 Å². The Balaban J connectivity index is 3.03. The molecule has 1 aromatic carbocycles. The van der Waals surface area contributed by atoms with Crippen LogP contribution in [0.4, 0.5) is 4.39 Å². The maximum Gasteiger partial charge on any atom is 0.308 e. The normalized spacial score (nSPS) is 13.7. The first-order chi connectivity index (χ1) is 8.86. The molecule has 1 amide bonds. The molecule has 0 spiro atoms. The maximum atomic E-state index is 13.1. The highest BCUT2D eigenvalue weighted by molar-refractivity contribution is 5.94. The van der Waals surface area contributed by atoms with Gasteiger partial charge in [-0.05, 0) is 23.8 Å². The van der Waals surface area contributed by atoms with E-state index in [1.54, 1.807) is 0 Å². The fraction of sp³-hybridized carbons (Fsp3) is 0.333. The van der Waals surface area contributed by atoms with Crippen LogP contribution in [0.25, 0.3) is 0 Å². The molecule has 0 aliphatic rings. The van der Waals surface area contributed by atoms with Gasteiger partial charge in [-0.3, -0.25) is 9.59 Å². The Bertz CT molecular complexity index is 491. The van der Waals surface area contributed by atoms with Crippen LogP contribution >= 0.6 is 0 Å². The summed E-state index contributed by atoms with van der Waals surface area (Å²) in [5, 5.41) is 19.5. The van der Waals surface area contributed by atoms with Crippen molar-refractivity contribution in [2.45, 2.75) is 18.6 Å². The Morgan fingerprint density at radius 2 is 2.05 bits per heavy atom. The van der Waals surface area contributed by atoms with Crippen molar-refractivity contribution in [3.05, 3.63) is 35.1 Å². The predicted molar refractivity (Wildman–Crippen MR) is 62.5 cm³/mol. The van der Waals surface area contributed by atoms with E-state index in [9.17, 15) is 24.2 Å². The van der Waals surface area contributed by atoms with Crippen molar-refractivity contribution in [2.24, 2.45) is 5.73 Å². The minimum absolute atomic E-state index is 0.127. The maximum absolute atomic E-state index is 13.1. The summed E-state index contributed by atoms with van der Waals surface area (Å²) < 4.78 is 17.5. The average molecular weight is 271 g/mol. The van der Waals surface area contributed by atoms with Crippen molar-refractivity contribution in [1.29, 1.82) is 0 Å². The second-order valence-electron chi connectivity index (χ2n) is 3.89. The van der Waals surface area contributed by atoms with Crippen LogP contribution in [0.1, 0.15) is 28.4 Å². The molecule has 0 saturated heterocycles. The topological polar surface area (TPSA) is 110 Å². The number of primary amides is 1. The summed E-state index contributed by atoms with van der Waals surface area (Å²) >= 11 is 0. The second-order valence-corrected chi connectivity index (χ2v) is 3.89. The summed E-state index contributed by atoms with van der Waals surface area (Å²) in [4.78, 5) is 22.1. The number of hydrogen-bond acceptors (Lipinski definition) is 5. The zero-order valence-corrected chi connectivity index (χ0v) is 10.2. The van der Waals surface area contributed by atoms with E-state index in [1.807, 2.05) is 0 Å². The summed E-state index contributed by atoms with van der Waals surface area (Å²) in [5.74, 6) is -2.33. The van der Waals surface area contributed by atoms with Gasteiger partial charge in [0.25, 0.3) is 0 Å². The van der Waals surface area contributed by atoms with E-state index < -0.39 is 36.3 Å². The van der Waals surface area contributed by atoms with Gasteiger partial charge in [0.1, 0.15) is 11.9 Å². The van der Waals surface area contributed by atoms with Crippen LogP contribution in [0.2, 0.25) is 0 Å². The van der Waals surface area contributed by atoms with Gasteiger partial charge in [0.15, 0.2) is 0 Å². The number of amides is 1. The molecule has 0 aliphatic carbocycles. The van der Waals surface area contributed by atoms with Gasteiger partial charge in [-0.1, -0.05) is 0 Å². The second kappa shape index (κ2) is 6.26. The molecule has 1 aromatic rings. The molecule has 0 fully saturated rings. The number of carbonyl (C=O) groups excluding carboxylic acids is 2. The molecular formula is C12H14FNO5. The zero-order valence-electron chi connectivity index (χ0n) is 10.2. The number of esters is 1. The fourth-order valence-corrected chi connectivity index (χ4v) is 1.58. The number of rotatable bonds is 5. The molecule has 0 heterocycles. The molecule has 0 aromatic heterocycles. The van der Waals surface area contributed by atoms with Gasteiger partial charge in [-0.2, -0.15) is 0 Å². The largest absolute Gasteiger partial charge is 0.469 e. The lowest BCUT2D eigenvalue weighted by molar-refractivity contribution is -0.144. The Hall–Kier alpha value is -1.99. The van der Waals surface area contributed by atoms with Crippen LogP contribution in [-0.2, 0) is 9.53 Å². The van der Waals surface area contributed by atoms with Gasteiger partial charge in [-0.15, -0.1) is 0 Å². The average Bonchev–Trinajstić information content (AvgIpc) is 2.36. The molecule has 104 valence electrons. The lowest BCUT2D eigenvalue weighted by Crippen LogP contribution is -2.25. The number of aliphatic hydroxyl groups excluding tert-OH is 2. The highest BCUT2D eigenvalue weighted by Crippen LogP contribution is 2.24. The number of benzene rings is 1. The number of halogens is 1. The third-order valence-corrected chi connectivity index (χ3v) is 2.57. The minimum Gasteiger partial charge on any atom is -0.469 e. The fourth-order valence-electron chi connectivity index (χ4n) is 1.58. The first-order valence-electron chi connectivity index (χ1n) is 5.39. The molecule has 2 atom stereocenters. The highest BCUT2D eigenvalue weighted by Gasteiger charge is 2.25. The van der Waals surface area contributed by atoms with Gasteiger partial charge < -0.3 is 20.7 Å². The first kappa shape index (κ1) is 15.1. The molecule has 0 radical (unpaired) electrons. The van der Waals surface area contributed by atoms with Gasteiger partial charge in [0, 0.05) is 5.56 Å². The predicted octanol–water partition coefficient (Wildman–Crippen LogP) is -0.118. The van der Waals surface area contributed by atoms with E-state index in [0.717, 1.165) is 25.3 Å². The van der Waals surface area contributed by atoms with E-state index in [2.05, 4.69) is 4.74 Å². The number of carbonyl (C=O) groups is 2. The Morgan fingerprint density at radius 3 is 2.58 bits per heavy atom. The lowest BCUT2D eigenvalue weighted by Gasteiger charge is -2.19. The highest BCUT2D eigenvalue weighted by atomic mass is 19.1. The van der Waals surface area contributed by atoms with Crippen molar-refractivity contribution in [2.75, 3.05) is 7.11 Å². The molecule has 7 heteroatoms. The van der Waals surface area contributed by atoms with Crippen LogP contribution in [-0.4, -0.2) is 35.3 Å². The summed E-state index contributed by atoms with van der Waals surface area (Å²) in [6.45, 7) is 0. The quantitative estimate of drug-likeness (QED) is 0.647.